The first-order chi connectivity index (χ1) is 11.1. The van der Waals surface area contributed by atoms with E-state index in [4.69, 9.17) is 14.2 Å². The van der Waals surface area contributed by atoms with Gasteiger partial charge in [0, 0.05) is 18.7 Å². The SMILES string of the molecule is COC(=O)c1cc(OC)cc(C(=O)NC2CCC(OC)CC2)c1. The smallest absolute Gasteiger partial charge is 0.338 e. The Morgan fingerprint density at radius 2 is 1.65 bits per heavy atom. The summed E-state index contributed by atoms with van der Waals surface area (Å²) in [6.45, 7) is 0. The third kappa shape index (κ3) is 4.45. The van der Waals surface area contributed by atoms with Crippen LogP contribution in [0.15, 0.2) is 18.2 Å². The molecule has 1 aromatic carbocycles. The van der Waals surface area contributed by atoms with Gasteiger partial charge in [-0.15, -0.1) is 0 Å². The number of amides is 1. The molecule has 1 aromatic rings. The second-order valence-electron chi connectivity index (χ2n) is 5.62. The standard InChI is InChI=1S/C17H23NO5/c1-21-14-6-4-13(5-7-14)18-16(19)11-8-12(17(20)23-3)10-15(9-11)22-2/h8-10,13-14H,4-7H2,1-3H3,(H,18,19). The van der Waals surface area contributed by atoms with Crippen LogP contribution in [0.4, 0.5) is 0 Å². The zero-order valence-corrected chi connectivity index (χ0v) is 13.8. The average molecular weight is 321 g/mol. The number of nitrogens with one attached hydrogen (secondary N) is 1. The minimum Gasteiger partial charge on any atom is -0.497 e. The van der Waals surface area contributed by atoms with Gasteiger partial charge >= 0.3 is 5.97 Å². The summed E-state index contributed by atoms with van der Waals surface area (Å²) in [4.78, 5) is 24.1. The van der Waals surface area contributed by atoms with Crippen molar-refractivity contribution in [2.75, 3.05) is 21.3 Å². The van der Waals surface area contributed by atoms with Crippen LogP contribution in [0, 0.1) is 0 Å². The number of carbonyl (C=O) groups is 2. The first-order valence-electron chi connectivity index (χ1n) is 7.68. The maximum atomic E-state index is 12.4. The maximum absolute atomic E-state index is 12.4. The van der Waals surface area contributed by atoms with E-state index in [9.17, 15) is 9.59 Å². The second-order valence-corrected chi connectivity index (χ2v) is 5.62. The van der Waals surface area contributed by atoms with Crippen LogP contribution in [0.1, 0.15) is 46.4 Å². The molecule has 0 heterocycles. The molecule has 1 amide bonds. The summed E-state index contributed by atoms with van der Waals surface area (Å²) in [5.41, 5.74) is 0.679. The first-order valence-corrected chi connectivity index (χ1v) is 7.68. The zero-order valence-electron chi connectivity index (χ0n) is 13.8. The van der Waals surface area contributed by atoms with E-state index in [1.807, 2.05) is 0 Å². The van der Waals surface area contributed by atoms with Gasteiger partial charge in [0.1, 0.15) is 5.75 Å². The van der Waals surface area contributed by atoms with Crippen LogP contribution >= 0.6 is 0 Å². The molecule has 1 aliphatic rings. The second kappa shape index (κ2) is 7.97. The molecule has 23 heavy (non-hydrogen) atoms. The van der Waals surface area contributed by atoms with Gasteiger partial charge in [0.05, 0.1) is 25.9 Å². The lowest BCUT2D eigenvalue weighted by molar-refractivity contribution is 0.0596. The maximum Gasteiger partial charge on any atom is 0.338 e. The van der Waals surface area contributed by atoms with Gasteiger partial charge in [-0.05, 0) is 43.9 Å². The molecule has 1 fully saturated rings. The third-order valence-electron chi connectivity index (χ3n) is 4.17. The van der Waals surface area contributed by atoms with Crippen LogP contribution in [0.25, 0.3) is 0 Å². The molecule has 6 nitrogen and oxygen atoms in total. The van der Waals surface area contributed by atoms with Crippen molar-refractivity contribution < 1.29 is 23.8 Å². The van der Waals surface area contributed by atoms with Crippen molar-refractivity contribution in [3.63, 3.8) is 0 Å². The predicted octanol–water partition coefficient (Wildman–Crippen LogP) is 2.17. The number of hydrogen-bond donors (Lipinski definition) is 1. The van der Waals surface area contributed by atoms with E-state index in [1.165, 1.54) is 20.3 Å². The number of ether oxygens (including phenoxy) is 3. The van der Waals surface area contributed by atoms with Crippen molar-refractivity contribution in [2.45, 2.75) is 37.8 Å². The Hall–Kier alpha value is -2.08. The Bertz CT molecular complexity index is 564. The van der Waals surface area contributed by atoms with Gasteiger partial charge in [-0.2, -0.15) is 0 Å². The molecule has 0 atom stereocenters. The van der Waals surface area contributed by atoms with E-state index in [2.05, 4.69) is 5.32 Å². The van der Waals surface area contributed by atoms with Crippen molar-refractivity contribution in [1.82, 2.24) is 5.32 Å². The molecular formula is C17H23NO5. The van der Waals surface area contributed by atoms with Gasteiger partial charge in [-0.25, -0.2) is 4.79 Å². The van der Waals surface area contributed by atoms with Gasteiger partial charge in [0.25, 0.3) is 5.91 Å². The van der Waals surface area contributed by atoms with Crippen molar-refractivity contribution >= 4 is 11.9 Å². The minimum atomic E-state index is -0.501. The van der Waals surface area contributed by atoms with Crippen LogP contribution in [0.2, 0.25) is 0 Å². The van der Waals surface area contributed by atoms with E-state index in [0.717, 1.165) is 25.7 Å². The lowest BCUT2D eigenvalue weighted by Crippen LogP contribution is -2.39. The molecule has 0 saturated heterocycles. The molecule has 1 aliphatic carbocycles. The largest absolute Gasteiger partial charge is 0.497 e. The molecule has 2 rings (SSSR count). The fraction of sp³-hybridized carbons (Fsp3) is 0.529. The molecule has 0 aromatic heterocycles. The average Bonchev–Trinajstić information content (AvgIpc) is 2.61. The lowest BCUT2D eigenvalue weighted by atomic mass is 9.92. The summed E-state index contributed by atoms with van der Waals surface area (Å²) >= 11 is 0. The number of esters is 1. The summed E-state index contributed by atoms with van der Waals surface area (Å²) in [7, 11) is 4.51. The first kappa shape index (κ1) is 17.3. The van der Waals surface area contributed by atoms with Gasteiger partial charge in [-0.1, -0.05) is 0 Å². The van der Waals surface area contributed by atoms with Crippen LogP contribution in [-0.2, 0) is 9.47 Å². The van der Waals surface area contributed by atoms with E-state index < -0.39 is 5.97 Å². The molecule has 0 bridgehead atoms. The Morgan fingerprint density at radius 1 is 1.00 bits per heavy atom. The van der Waals surface area contributed by atoms with Gasteiger partial charge < -0.3 is 19.5 Å². The van der Waals surface area contributed by atoms with Gasteiger partial charge in [0.2, 0.25) is 0 Å². The van der Waals surface area contributed by atoms with Gasteiger partial charge in [-0.3, -0.25) is 4.79 Å². The van der Waals surface area contributed by atoms with Crippen molar-refractivity contribution in [3.05, 3.63) is 29.3 Å². The molecular weight excluding hydrogens is 298 g/mol. The van der Waals surface area contributed by atoms with Gasteiger partial charge in [0.15, 0.2) is 0 Å². The Labute approximate surface area is 136 Å². The molecule has 6 heteroatoms. The number of hydrogen-bond acceptors (Lipinski definition) is 5. The van der Waals surface area contributed by atoms with Crippen LogP contribution < -0.4 is 10.1 Å². The summed E-state index contributed by atoms with van der Waals surface area (Å²) in [6, 6.07) is 4.81. The quantitative estimate of drug-likeness (QED) is 0.841. The molecule has 126 valence electrons. The topological polar surface area (TPSA) is 73.9 Å². The molecule has 0 aliphatic heterocycles. The van der Waals surface area contributed by atoms with Crippen molar-refractivity contribution in [2.24, 2.45) is 0 Å². The van der Waals surface area contributed by atoms with E-state index in [0.29, 0.717) is 16.9 Å². The van der Waals surface area contributed by atoms with E-state index in [-0.39, 0.29) is 18.1 Å². The highest BCUT2D eigenvalue weighted by molar-refractivity contribution is 5.98. The predicted molar refractivity (Wildman–Crippen MR) is 84.9 cm³/mol. The number of benzene rings is 1. The Morgan fingerprint density at radius 3 is 2.22 bits per heavy atom. The monoisotopic (exact) mass is 321 g/mol. The van der Waals surface area contributed by atoms with E-state index >= 15 is 0 Å². The highest BCUT2D eigenvalue weighted by atomic mass is 16.5. The molecule has 0 spiro atoms. The number of methoxy groups -OCH3 is 3. The molecule has 0 radical (unpaired) electrons. The van der Waals surface area contributed by atoms with Crippen molar-refractivity contribution in [3.8, 4) is 5.75 Å². The van der Waals surface area contributed by atoms with Crippen molar-refractivity contribution in [1.29, 1.82) is 0 Å². The number of carbonyl (C=O) groups excluding carboxylic acids is 2. The summed E-state index contributed by atoms with van der Waals surface area (Å²) in [6.07, 6.45) is 3.93. The van der Waals surface area contributed by atoms with Crippen LogP contribution in [0.3, 0.4) is 0 Å². The summed E-state index contributed by atoms with van der Waals surface area (Å²) < 4.78 is 15.2. The number of rotatable bonds is 5. The highest BCUT2D eigenvalue weighted by Crippen LogP contribution is 2.22. The van der Waals surface area contributed by atoms with E-state index in [1.54, 1.807) is 19.2 Å². The third-order valence-corrected chi connectivity index (χ3v) is 4.17. The molecule has 0 unspecified atom stereocenters. The fourth-order valence-corrected chi connectivity index (χ4v) is 2.80. The fourth-order valence-electron chi connectivity index (χ4n) is 2.80. The summed E-state index contributed by atoms with van der Waals surface area (Å²) in [5, 5.41) is 3.01. The molecule has 1 saturated carbocycles. The Balaban J connectivity index is 2.08. The Kier molecular flexibility index (Phi) is 5.98. The van der Waals surface area contributed by atoms with Crippen LogP contribution in [-0.4, -0.2) is 45.4 Å². The van der Waals surface area contributed by atoms with Crippen LogP contribution in [0.5, 0.6) is 5.75 Å². The zero-order chi connectivity index (χ0) is 16.8. The summed E-state index contributed by atoms with van der Waals surface area (Å²) in [5.74, 6) is -0.269. The normalized spacial score (nSPS) is 20.7. The molecule has 1 N–H and O–H groups in total. The highest BCUT2D eigenvalue weighted by Gasteiger charge is 2.23. The minimum absolute atomic E-state index is 0.127. The lowest BCUT2D eigenvalue weighted by Gasteiger charge is -2.28.